The van der Waals surface area contributed by atoms with Crippen LogP contribution in [-0.2, 0) is 16.6 Å². The molecule has 0 bridgehead atoms. The van der Waals surface area contributed by atoms with Crippen molar-refractivity contribution < 1.29 is 12.8 Å². The third-order valence-electron chi connectivity index (χ3n) is 2.71. The van der Waals surface area contributed by atoms with E-state index in [1.165, 1.54) is 35.3 Å². The molecule has 114 valence electrons. The minimum Gasteiger partial charge on any atom is -0.330 e. The average Bonchev–Trinajstić information content (AvgIpc) is 2.91. The monoisotopic (exact) mass is 332 g/mol. The Morgan fingerprint density at radius 2 is 2.19 bits per heavy atom. The molecule has 6 nitrogen and oxygen atoms in total. The summed E-state index contributed by atoms with van der Waals surface area (Å²) >= 11 is 5.61. The molecule has 2 aromatic rings. The van der Waals surface area contributed by atoms with Crippen LogP contribution >= 0.6 is 11.6 Å². The van der Waals surface area contributed by atoms with Gasteiger partial charge in [0.1, 0.15) is 4.90 Å². The van der Waals surface area contributed by atoms with Gasteiger partial charge in [-0.15, -0.1) is 0 Å². The number of hydrogen-bond donors (Lipinski definition) is 2. The fourth-order valence-corrected chi connectivity index (χ4v) is 2.83. The molecule has 0 aliphatic rings. The maximum Gasteiger partial charge on any atom is 0.265 e. The first-order valence-electron chi connectivity index (χ1n) is 6.13. The first kappa shape index (κ1) is 15.7. The van der Waals surface area contributed by atoms with Crippen LogP contribution < -0.4 is 10.5 Å². The van der Waals surface area contributed by atoms with E-state index in [9.17, 15) is 12.8 Å². The van der Waals surface area contributed by atoms with Crippen LogP contribution in [0, 0.1) is 5.82 Å². The molecule has 0 aliphatic heterocycles. The van der Waals surface area contributed by atoms with Crippen LogP contribution in [0.1, 0.15) is 6.42 Å². The summed E-state index contributed by atoms with van der Waals surface area (Å²) in [6, 6.07) is 4.07. The summed E-state index contributed by atoms with van der Waals surface area (Å²) < 4.78 is 41.6. The Hall–Kier alpha value is -1.64. The highest BCUT2D eigenvalue weighted by Gasteiger charge is 2.19. The Labute approximate surface area is 126 Å². The van der Waals surface area contributed by atoms with Crippen molar-refractivity contribution in [1.82, 2.24) is 9.78 Å². The van der Waals surface area contributed by atoms with E-state index < -0.39 is 15.8 Å². The second-order valence-electron chi connectivity index (χ2n) is 4.29. The lowest BCUT2D eigenvalue weighted by Crippen LogP contribution is -2.13. The van der Waals surface area contributed by atoms with Crippen LogP contribution in [0.15, 0.2) is 35.5 Å². The molecule has 1 heterocycles. The van der Waals surface area contributed by atoms with E-state index in [1.54, 1.807) is 0 Å². The van der Waals surface area contributed by atoms with Gasteiger partial charge in [-0.25, -0.2) is 12.8 Å². The van der Waals surface area contributed by atoms with Gasteiger partial charge in [0.05, 0.1) is 16.9 Å². The van der Waals surface area contributed by atoms with Gasteiger partial charge in [-0.1, -0.05) is 17.7 Å². The maximum absolute atomic E-state index is 13.7. The zero-order valence-corrected chi connectivity index (χ0v) is 12.5. The van der Waals surface area contributed by atoms with E-state index in [2.05, 4.69) is 9.82 Å². The number of nitrogens with one attached hydrogen (secondary N) is 1. The van der Waals surface area contributed by atoms with E-state index in [1.807, 2.05) is 0 Å². The minimum absolute atomic E-state index is 0.0566. The molecule has 0 radical (unpaired) electrons. The first-order valence-corrected chi connectivity index (χ1v) is 7.99. The van der Waals surface area contributed by atoms with Gasteiger partial charge in [0.25, 0.3) is 10.0 Å². The number of benzene rings is 1. The fraction of sp³-hybridized carbons (Fsp3) is 0.250. The first-order chi connectivity index (χ1) is 9.94. The second kappa shape index (κ2) is 6.42. The van der Waals surface area contributed by atoms with Gasteiger partial charge in [-0.05, 0) is 25.1 Å². The maximum atomic E-state index is 13.7. The number of hydrogen-bond acceptors (Lipinski definition) is 4. The van der Waals surface area contributed by atoms with Crippen LogP contribution in [0.2, 0.25) is 5.02 Å². The highest BCUT2D eigenvalue weighted by atomic mass is 35.5. The van der Waals surface area contributed by atoms with Crippen molar-refractivity contribution in [3.8, 4) is 0 Å². The van der Waals surface area contributed by atoms with Gasteiger partial charge >= 0.3 is 0 Å². The Kier molecular flexibility index (Phi) is 4.81. The molecule has 0 fully saturated rings. The summed E-state index contributed by atoms with van der Waals surface area (Å²) in [6.07, 6.45) is 3.24. The third-order valence-corrected chi connectivity index (χ3v) is 4.32. The number of anilines is 1. The van der Waals surface area contributed by atoms with Crippen molar-refractivity contribution >= 4 is 27.3 Å². The van der Waals surface area contributed by atoms with E-state index in [0.717, 1.165) is 0 Å². The van der Waals surface area contributed by atoms with Crippen molar-refractivity contribution in [2.24, 2.45) is 5.73 Å². The number of aryl methyl sites for hydroxylation is 1. The molecular weight excluding hydrogens is 319 g/mol. The zero-order chi connectivity index (χ0) is 15.5. The standard InChI is InChI=1S/C12H14ClFN4O2S/c13-10-3-1-4-11(12(10)14)17-21(19,20)9-7-16-18(8-9)6-2-5-15/h1,3-4,7-8,17H,2,5-6,15H2. The lowest BCUT2D eigenvalue weighted by Gasteiger charge is -2.07. The summed E-state index contributed by atoms with van der Waals surface area (Å²) in [4.78, 5) is -0.0566. The van der Waals surface area contributed by atoms with E-state index in [4.69, 9.17) is 17.3 Å². The Morgan fingerprint density at radius 1 is 1.43 bits per heavy atom. The van der Waals surface area contributed by atoms with E-state index in [0.29, 0.717) is 19.5 Å². The lowest BCUT2D eigenvalue weighted by atomic mass is 10.3. The van der Waals surface area contributed by atoms with Crippen LogP contribution in [0.4, 0.5) is 10.1 Å². The quantitative estimate of drug-likeness (QED) is 0.844. The van der Waals surface area contributed by atoms with Gasteiger partial charge < -0.3 is 5.73 Å². The van der Waals surface area contributed by atoms with Gasteiger partial charge in [-0.2, -0.15) is 5.10 Å². The van der Waals surface area contributed by atoms with Crippen molar-refractivity contribution in [3.05, 3.63) is 41.4 Å². The number of nitrogens with zero attached hydrogens (tertiary/aromatic N) is 2. The van der Waals surface area contributed by atoms with Crippen molar-refractivity contribution in [2.75, 3.05) is 11.3 Å². The molecule has 0 saturated carbocycles. The normalized spacial score (nSPS) is 11.6. The molecule has 1 aromatic carbocycles. The highest BCUT2D eigenvalue weighted by Crippen LogP contribution is 2.24. The molecule has 1 aromatic heterocycles. The SMILES string of the molecule is NCCCn1cc(S(=O)(=O)Nc2cccc(Cl)c2F)cn1. The lowest BCUT2D eigenvalue weighted by molar-refractivity contribution is 0.582. The van der Waals surface area contributed by atoms with Crippen LogP contribution in [0.5, 0.6) is 0 Å². The van der Waals surface area contributed by atoms with Gasteiger partial charge in [0.2, 0.25) is 0 Å². The predicted octanol–water partition coefficient (Wildman–Crippen LogP) is 1.83. The number of aromatic nitrogens is 2. The van der Waals surface area contributed by atoms with Crippen LogP contribution in [-0.4, -0.2) is 24.7 Å². The molecule has 3 N–H and O–H groups in total. The van der Waals surface area contributed by atoms with Crippen LogP contribution in [0.3, 0.4) is 0 Å². The van der Waals surface area contributed by atoms with Gasteiger partial charge in [0, 0.05) is 12.7 Å². The Balaban J connectivity index is 2.22. The van der Waals surface area contributed by atoms with E-state index in [-0.39, 0.29) is 15.6 Å². The Morgan fingerprint density at radius 3 is 2.90 bits per heavy atom. The fourth-order valence-electron chi connectivity index (χ4n) is 1.65. The number of sulfonamides is 1. The molecule has 2 rings (SSSR count). The Bertz CT molecular complexity index is 733. The number of halogens is 2. The van der Waals surface area contributed by atoms with Gasteiger partial charge in [-0.3, -0.25) is 9.40 Å². The largest absolute Gasteiger partial charge is 0.330 e. The molecule has 0 aliphatic carbocycles. The molecule has 0 saturated heterocycles. The molecule has 9 heteroatoms. The third kappa shape index (κ3) is 3.72. The zero-order valence-electron chi connectivity index (χ0n) is 11.0. The van der Waals surface area contributed by atoms with E-state index >= 15 is 0 Å². The van der Waals surface area contributed by atoms with Crippen molar-refractivity contribution in [3.63, 3.8) is 0 Å². The van der Waals surface area contributed by atoms with Crippen molar-refractivity contribution in [1.29, 1.82) is 0 Å². The average molecular weight is 333 g/mol. The number of rotatable bonds is 6. The number of nitrogens with two attached hydrogens (primary N) is 1. The molecule has 0 amide bonds. The molecule has 0 spiro atoms. The second-order valence-corrected chi connectivity index (χ2v) is 6.38. The smallest absolute Gasteiger partial charge is 0.265 e. The molecular formula is C12H14ClFN4O2S. The minimum atomic E-state index is -3.92. The molecule has 0 atom stereocenters. The molecule has 0 unspecified atom stereocenters. The predicted molar refractivity (Wildman–Crippen MR) is 78.1 cm³/mol. The topological polar surface area (TPSA) is 90.0 Å². The summed E-state index contributed by atoms with van der Waals surface area (Å²) in [5.41, 5.74) is 5.17. The molecule has 21 heavy (non-hydrogen) atoms. The van der Waals surface area contributed by atoms with Crippen LogP contribution in [0.25, 0.3) is 0 Å². The summed E-state index contributed by atoms with van der Waals surface area (Å²) in [6.45, 7) is 0.992. The van der Waals surface area contributed by atoms with Gasteiger partial charge in [0.15, 0.2) is 5.82 Å². The summed E-state index contributed by atoms with van der Waals surface area (Å²) in [5, 5.41) is 3.77. The summed E-state index contributed by atoms with van der Waals surface area (Å²) in [7, 11) is -3.92. The van der Waals surface area contributed by atoms with Crippen molar-refractivity contribution in [2.45, 2.75) is 17.9 Å². The summed E-state index contributed by atoms with van der Waals surface area (Å²) in [5.74, 6) is -0.821. The highest BCUT2D eigenvalue weighted by molar-refractivity contribution is 7.92.